The van der Waals surface area contributed by atoms with Gasteiger partial charge in [0, 0.05) is 43.5 Å². The molecule has 0 saturated carbocycles. The van der Waals surface area contributed by atoms with Crippen molar-refractivity contribution in [3.8, 4) is 33.5 Å². The van der Waals surface area contributed by atoms with Gasteiger partial charge in [-0.05, 0) is 48.0 Å². The van der Waals surface area contributed by atoms with Gasteiger partial charge in [-0.1, -0.05) is 104 Å². The first-order chi connectivity index (χ1) is 15.6. The van der Waals surface area contributed by atoms with Gasteiger partial charge >= 0.3 is 0 Å². The molecule has 168 valence electrons. The number of benzene rings is 3. The molecule has 4 rings (SSSR count). The fourth-order valence-corrected chi connectivity index (χ4v) is 6.48. The van der Waals surface area contributed by atoms with Gasteiger partial charge in [-0.25, -0.2) is 0 Å². The van der Waals surface area contributed by atoms with Crippen LogP contribution in [0.15, 0.2) is 48.7 Å². The van der Waals surface area contributed by atoms with Gasteiger partial charge in [0.15, 0.2) is 0 Å². The van der Waals surface area contributed by atoms with Crippen LogP contribution >= 0.6 is 104 Å². The first-order valence-electron chi connectivity index (χ1n) is 9.02. The van der Waals surface area contributed by atoms with Crippen molar-refractivity contribution in [2.24, 2.45) is 0 Å². The second-order valence-corrected chi connectivity index (χ2v) is 10.6. The molecule has 0 spiro atoms. The van der Waals surface area contributed by atoms with Crippen LogP contribution in [0.25, 0.3) is 33.5 Å². The predicted octanol–water partition coefficient (Wildman–Crippen LogP) is 12.0. The molecule has 1 nitrogen and oxygen atoms in total. The summed E-state index contributed by atoms with van der Waals surface area (Å²) in [6.07, 6.45) is 1.58. The molecule has 0 radical (unpaired) electrons. The molecule has 0 unspecified atom stereocenters. The molecule has 33 heavy (non-hydrogen) atoms. The van der Waals surface area contributed by atoms with Crippen LogP contribution in [0.1, 0.15) is 0 Å². The maximum atomic E-state index is 6.63. The maximum absolute atomic E-state index is 6.63. The van der Waals surface area contributed by atoms with Gasteiger partial charge in [0.1, 0.15) is 0 Å². The number of pyridine rings is 1. The van der Waals surface area contributed by atoms with E-state index in [0.717, 1.165) is 0 Å². The molecule has 4 aromatic rings. The molecule has 0 aliphatic heterocycles. The van der Waals surface area contributed by atoms with Gasteiger partial charge in [-0.2, -0.15) is 0 Å². The van der Waals surface area contributed by atoms with E-state index in [-0.39, 0.29) is 20.1 Å². The third kappa shape index (κ3) is 5.05. The summed E-state index contributed by atoms with van der Waals surface area (Å²) in [7, 11) is 0. The molecule has 0 aliphatic rings. The van der Waals surface area contributed by atoms with Crippen molar-refractivity contribution in [2.75, 3.05) is 0 Å². The van der Waals surface area contributed by atoms with Crippen molar-refractivity contribution in [3.63, 3.8) is 0 Å². The average molecular weight is 617 g/mol. The van der Waals surface area contributed by atoms with Gasteiger partial charge in [-0.15, -0.1) is 0 Å². The molecular formula is C23H8Cl9N. The number of rotatable bonds is 3. The second-order valence-electron chi connectivity index (χ2n) is 6.82. The monoisotopic (exact) mass is 613 g/mol. The average Bonchev–Trinajstić information content (AvgIpc) is 2.67. The van der Waals surface area contributed by atoms with Gasteiger partial charge in [0.05, 0.1) is 35.8 Å². The molecular weight excluding hydrogens is 609 g/mol. The molecule has 0 amide bonds. The summed E-state index contributed by atoms with van der Waals surface area (Å²) in [6, 6.07) is 11.2. The minimum atomic E-state index is 0.283. The zero-order chi connectivity index (χ0) is 24.0. The van der Waals surface area contributed by atoms with Crippen molar-refractivity contribution < 1.29 is 0 Å². The highest BCUT2D eigenvalue weighted by atomic mass is 35.5. The van der Waals surface area contributed by atoms with Crippen molar-refractivity contribution in [3.05, 3.63) is 93.9 Å². The lowest BCUT2D eigenvalue weighted by Gasteiger charge is -2.20. The van der Waals surface area contributed by atoms with Crippen LogP contribution in [0.2, 0.25) is 45.2 Å². The number of halogens is 9. The largest absolute Gasteiger partial charge is 0.255 e. The lowest BCUT2D eigenvalue weighted by molar-refractivity contribution is 1.32. The Morgan fingerprint density at radius 2 is 0.788 bits per heavy atom. The lowest BCUT2D eigenvalue weighted by Crippen LogP contribution is -1.97. The van der Waals surface area contributed by atoms with E-state index in [1.165, 1.54) is 0 Å². The summed E-state index contributed by atoms with van der Waals surface area (Å²) in [6.45, 7) is 0. The normalized spacial score (nSPS) is 11.2. The van der Waals surface area contributed by atoms with E-state index in [0.29, 0.717) is 58.6 Å². The maximum Gasteiger partial charge on any atom is 0.0817 e. The molecule has 0 aliphatic carbocycles. The van der Waals surface area contributed by atoms with Crippen LogP contribution in [0.4, 0.5) is 0 Å². The Hall–Kier alpha value is -0.580. The van der Waals surface area contributed by atoms with Crippen LogP contribution in [-0.4, -0.2) is 4.98 Å². The molecule has 10 heteroatoms. The van der Waals surface area contributed by atoms with E-state index in [1.807, 2.05) is 0 Å². The highest BCUT2D eigenvalue weighted by Crippen LogP contribution is 2.51. The third-order valence-corrected chi connectivity index (χ3v) is 7.17. The quantitative estimate of drug-likeness (QED) is 0.223. The lowest BCUT2D eigenvalue weighted by atomic mass is 9.91. The van der Waals surface area contributed by atoms with E-state index >= 15 is 0 Å². The van der Waals surface area contributed by atoms with Gasteiger partial charge in [0.25, 0.3) is 0 Å². The van der Waals surface area contributed by atoms with Crippen LogP contribution in [-0.2, 0) is 0 Å². The summed E-state index contributed by atoms with van der Waals surface area (Å²) >= 11 is 57.9. The zero-order valence-electron chi connectivity index (χ0n) is 16.0. The molecule has 0 bridgehead atoms. The molecule has 1 heterocycles. The second kappa shape index (κ2) is 10.2. The topological polar surface area (TPSA) is 12.9 Å². The van der Waals surface area contributed by atoms with Crippen LogP contribution in [0.3, 0.4) is 0 Å². The van der Waals surface area contributed by atoms with Crippen molar-refractivity contribution in [1.29, 1.82) is 0 Å². The highest BCUT2D eigenvalue weighted by Gasteiger charge is 2.25. The smallest absolute Gasteiger partial charge is 0.0817 e. The Kier molecular flexibility index (Phi) is 7.88. The summed E-state index contributed by atoms with van der Waals surface area (Å²) in [5, 5.41) is 2.90. The number of hydrogen-bond acceptors (Lipinski definition) is 1. The van der Waals surface area contributed by atoms with E-state index in [4.69, 9.17) is 104 Å². The van der Waals surface area contributed by atoms with Crippen molar-refractivity contribution in [1.82, 2.24) is 4.98 Å². The Bertz CT molecular complexity index is 1270. The fourth-order valence-electron chi connectivity index (χ4n) is 3.46. The minimum absolute atomic E-state index is 0.283. The first kappa shape index (κ1) is 25.5. The van der Waals surface area contributed by atoms with Crippen LogP contribution in [0.5, 0.6) is 0 Å². The number of nitrogens with zero attached hydrogens (tertiary/aromatic N) is 1. The van der Waals surface area contributed by atoms with E-state index in [1.54, 1.807) is 48.7 Å². The van der Waals surface area contributed by atoms with Crippen molar-refractivity contribution >= 4 is 104 Å². The van der Waals surface area contributed by atoms with Gasteiger partial charge < -0.3 is 0 Å². The Morgan fingerprint density at radius 1 is 0.424 bits per heavy atom. The highest BCUT2D eigenvalue weighted by molar-refractivity contribution is 6.45. The fraction of sp³-hybridized carbons (Fsp3) is 0. The molecule has 0 fully saturated rings. The minimum Gasteiger partial charge on any atom is -0.255 e. The predicted molar refractivity (Wildman–Crippen MR) is 146 cm³/mol. The molecule has 1 aromatic heterocycles. The van der Waals surface area contributed by atoms with E-state index in [2.05, 4.69) is 4.98 Å². The Morgan fingerprint density at radius 3 is 1.21 bits per heavy atom. The summed E-state index contributed by atoms with van der Waals surface area (Å²) in [5.41, 5.74) is 2.87. The number of hydrogen-bond donors (Lipinski definition) is 0. The Labute approximate surface area is 235 Å². The van der Waals surface area contributed by atoms with E-state index in [9.17, 15) is 0 Å². The molecule has 0 N–H and O–H groups in total. The van der Waals surface area contributed by atoms with Gasteiger partial charge in [-0.3, -0.25) is 4.98 Å². The summed E-state index contributed by atoms with van der Waals surface area (Å²) in [5.74, 6) is 0. The van der Waals surface area contributed by atoms with Crippen LogP contribution in [0, 0.1) is 0 Å². The van der Waals surface area contributed by atoms with Crippen LogP contribution < -0.4 is 0 Å². The number of aromatic nitrogens is 1. The first-order valence-corrected chi connectivity index (χ1v) is 12.4. The molecule has 0 saturated heterocycles. The summed E-state index contributed by atoms with van der Waals surface area (Å²) < 4.78 is 0. The molecule has 3 aromatic carbocycles. The molecule has 0 atom stereocenters. The third-order valence-electron chi connectivity index (χ3n) is 4.73. The standard InChI is InChI=1S/C23H8Cl9N/c24-9-3-13(27)19(14(28)4-9)12-1-2-33-23(22-17(31)7-11(26)8-18(22)32)20(12)21-15(29)5-10(25)6-16(21)30/h1-8H. The van der Waals surface area contributed by atoms with Crippen molar-refractivity contribution in [2.45, 2.75) is 0 Å². The SMILES string of the molecule is Clc1cc(Cl)c(-c2ccnc(-c3c(Cl)cc(Cl)cc3Cl)c2-c2c(Cl)cc(Cl)cc2Cl)c(Cl)c1. The Balaban J connectivity index is 2.20. The van der Waals surface area contributed by atoms with E-state index < -0.39 is 0 Å². The van der Waals surface area contributed by atoms with Gasteiger partial charge in [0.2, 0.25) is 0 Å². The zero-order valence-corrected chi connectivity index (χ0v) is 22.8. The summed E-state index contributed by atoms with van der Waals surface area (Å²) in [4.78, 5) is 4.57.